The lowest BCUT2D eigenvalue weighted by Gasteiger charge is -2.35. The van der Waals surface area contributed by atoms with Crippen LogP contribution in [0.25, 0.3) is 0 Å². The molecule has 1 N–H and O–H groups in total. The second-order valence-electron chi connectivity index (χ2n) is 4.47. The largest absolute Gasteiger partial charge is 0.392 e. The van der Waals surface area contributed by atoms with Crippen LogP contribution in [0.2, 0.25) is 0 Å². The summed E-state index contributed by atoms with van der Waals surface area (Å²) in [7, 11) is 0. The Kier molecular flexibility index (Phi) is 3.61. The van der Waals surface area contributed by atoms with Gasteiger partial charge in [0.25, 0.3) is 0 Å². The highest BCUT2D eigenvalue weighted by molar-refractivity contribution is 7.13. The van der Waals surface area contributed by atoms with E-state index in [-0.39, 0.29) is 6.61 Å². The molecule has 0 spiro atoms. The summed E-state index contributed by atoms with van der Waals surface area (Å²) in [5.74, 6) is 0.949. The summed E-state index contributed by atoms with van der Waals surface area (Å²) in [4.78, 5) is 13.3. The second-order valence-corrected chi connectivity index (χ2v) is 5.34. The SMILES string of the molecule is OCc1ccnc(N2CCN(c3nccs3)CC2)c1. The molecule has 3 rings (SSSR count). The lowest BCUT2D eigenvalue weighted by Crippen LogP contribution is -2.46. The van der Waals surface area contributed by atoms with Gasteiger partial charge in [0, 0.05) is 44.0 Å². The van der Waals surface area contributed by atoms with Crippen molar-refractivity contribution in [1.29, 1.82) is 0 Å². The number of piperazine rings is 1. The van der Waals surface area contributed by atoms with Crippen molar-refractivity contribution in [2.45, 2.75) is 6.61 Å². The van der Waals surface area contributed by atoms with Crippen LogP contribution in [0.15, 0.2) is 29.9 Å². The summed E-state index contributed by atoms with van der Waals surface area (Å²) >= 11 is 1.68. The van der Waals surface area contributed by atoms with Crippen LogP contribution < -0.4 is 9.80 Å². The molecule has 0 unspecified atom stereocenters. The Morgan fingerprint density at radius 2 is 1.89 bits per heavy atom. The highest BCUT2D eigenvalue weighted by Crippen LogP contribution is 2.21. The third-order valence-electron chi connectivity index (χ3n) is 3.29. The number of aliphatic hydroxyl groups is 1. The summed E-state index contributed by atoms with van der Waals surface area (Å²) in [6.45, 7) is 3.84. The molecule has 0 saturated carbocycles. The van der Waals surface area contributed by atoms with Crippen molar-refractivity contribution in [1.82, 2.24) is 9.97 Å². The van der Waals surface area contributed by atoms with E-state index in [0.717, 1.165) is 42.7 Å². The van der Waals surface area contributed by atoms with Gasteiger partial charge in [-0.1, -0.05) is 0 Å². The van der Waals surface area contributed by atoms with Crippen molar-refractivity contribution in [3.8, 4) is 0 Å². The summed E-state index contributed by atoms with van der Waals surface area (Å²) < 4.78 is 0. The maximum absolute atomic E-state index is 9.17. The van der Waals surface area contributed by atoms with Crippen molar-refractivity contribution in [3.05, 3.63) is 35.5 Å². The Balaban J connectivity index is 1.66. The van der Waals surface area contributed by atoms with E-state index < -0.39 is 0 Å². The van der Waals surface area contributed by atoms with Gasteiger partial charge in [-0.2, -0.15) is 0 Å². The van der Waals surface area contributed by atoms with E-state index in [2.05, 4.69) is 19.8 Å². The standard InChI is InChI=1S/C13H16N4OS/c18-10-11-1-2-14-12(9-11)16-4-6-17(7-5-16)13-15-3-8-19-13/h1-3,8-9,18H,4-7,10H2. The first kappa shape index (κ1) is 12.4. The molecule has 0 aliphatic carbocycles. The van der Waals surface area contributed by atoms with Crippen LogP contribution in [0.1, 0.15) is 5.56 Å². The van der Waals surface area contributed by atoms with Crippen molar-refractivity contribution >= 4 is 22.3 Å². The zero-order valence-electron chi connectivity index (χ0n) is 10.6. The normalized spacial score (nSPS) is 15.8. The van der Waals surface area contributed by atoms with Crippen LogP contribution in [-0.4, -0.2) is 41.3 Å². The topological polar surface area (TPSA) is 52.5 Å². The Labute approximate surface area is 116 Å². The van der Waals surface area contributed by atoms with Crippen molar-refractivity contribution in [2.24, 2.45) is 0 Å². The van der Waals surface area contributed by atoms with Gasteiger partial charge in [-0.05, 0) is 17.7 Å². The van der Waals surface area contributed by atoms with E-state index >= 15 is 0 Å². The molecular formula is C13H16N4OS. The van der Waals surface area contributed by atoms with Gasteiger partial charge in [0.15, 0.2) is 5.13 Å². The van der Waals surface area contributed by atoms with Crippen LogP contribution in [0.4, 0.5) is 10.9 Å². The van der Waals surface area contributed by atoms with E-state index in [0.29, 0.717) is 0 Å². The van der Waals surface area contributed by atoms with E-state index in [1.165, 1.54) is 0 Å². The lowest BCUT2D eigenvalue weighted by molar-refractivity contribution is 0.281. The molecule has 0 bridgehead atoms. The molecule has 6 heteroatoms. The molecule has 1 aliphatic rings. The minimum Gasteiger partial charge on any atom is -0.392 e. The molecule has 0 atom stereocenters. The molecular weight excluding hydrogens is 260 g/mol. The number of nitrogens with zero attached hydrogens (tertiary/aromatic N) is 4. The number of hydrogen-bond donors (Lipinski definition) is 1. The predicted octanol–water partition coefficient (Wildman–Crippen LogP) is 1.36. The quantitative estimate of drug-likeness (QED) is 0.917. The molecule has 2 aromatic rings. The number of rotatable bonds is 3. The molecule has 1 saturated heterocycles. The average molecular weight is 276 g/mol. The smallest absolute Gasteiger partial charge is 0.185 e. The molecule has 0 amide bonds. The fourth-order valence-corrected chi connectivity index (χ4v) is 2.93. The van der Waals surface area contributed by atoms with Gasteiger partial charge in [-0.15, -0.1) is 11.3 Å². The van der Waals surface area contributed by atoms with Gasteiger partial charge in [0.1, 0.15) is 5.82 Å². The fraction of sp³-hybridized carbons (Fsp3) is 0.385. The Morgan fingerprint density at radius 3 is 2.58 bits per heavy atom. The van der Waals surface area contributed by atoms with Crippen LogP contribution >= 0.6 is 11.3 Å². The third-order valence-corrected chi connectivity index (χ3v) is 4.12. The van der Waals surface area contributed by atoms with E-state index in [1.807, 2.05) is 23.7 Å². The van der Waals surface area contributed by atoms with Crippen LogP contribution in [0.3, 0.4) is 0 Å². The first-order valence-electron chi connectivity index (χ1n) is 6.32. The summed E-state index contributed by atoms with van der Waals surface area (Å²) in [6.07, 6.45) is 3.60. The van der Waals surface area contributed by atoms with E-state index in [4.69, 9.17) is 5.11 Å². The highest BCUT2D eigenvalue weighted by atomic mass is 32.1. The molecule has 2 aromatic heterocycles. The molecule has 1 aliphatic heterocycles. The number of aliphatic hydroxyl groups excluding tert-OH is 1. The van der Waals surface area contributed by atoms with Crippen LogP contribution in [0.5, 0.6) is 0 Å². The molecule has 1 fully saturated rings. The van der Waals surface area contributed by atoms with E-state index in [1.54, 1.807) is 17.5 Å². The monoisotopic (exact) mass is 276 g/mol. The zero-order chi connectivity index (χ0) is 13.1. The zero-order valence-corrected chi connectivity index (χ0v) is 11.4. The van der Waals surface area contributed by atoms with E-state index in [9.17, 15) is 0 Å². The van der Waals surface area contributed by atoms with Crippen molar-refractivity contribution < 1.29 is 5.11 Å². The van der Waals surface area contributed by atoms with Gasteiger partial charge in [0.05, 0.1) is 6.61 Å². The average Bonchev–Trinajstić information content (AvgIpc) is 3.02. The number of anilines is 2. The molecule has 3 heterocycles. The molecule has 0 aromatic carbocycles. The van der Waals surface area contributed by atoms with Gasteiger partial charge < -0.3 is 14.9 Å². The molecule has 100 valence electrons. The Hall–Kier alpha value is -1.66. The minimum atomic E-state index is 0.0641. The third kappa shape index (κ3) is 2.69. The molecule has 0 radical (unpaired) electrons. The van der Waals surface area contributed by atoms with Gasteiger partial charge in [-0.25, -0.2) is 9.97 Å². The minimum absolute atomic E-state index is 0.0641. The van der Waals surface area contributed by atoms with Crippen molar-refractivity contribution in [2.75, 3.05) is 36.0 Å². The van der Waals surface area contributed by atoms with Crippen LogP contribution in [0, 0.1) is 0 Å². The first-order valence-corrected chi connectivity index (χ1v) is 7.20. The lowest BCUT2D eigenvalue weighted by atomic mass is 10.2. The first-order chi connectivity index (χ1) is 9.36. The fourth-order valence-electron chi connectivity index (χ4n) is 2.23. The van der Waals surface area contributed by atoms with Crippen LogP contribution in [-0.2, 0) is 6.61 Å². The van der Waals surface area contributed by atoms with Gasteiger partial charge in [0.2, 0.25) is 0 Å². The molecule has 19 heavy (non-hydrogen) atoms. The molecule has 5 nitrogen and oxygen atoms in total. The maximum Gasteiger partial charge on any atom is 0.185 e. The number of pyridine rings is 1. The summed E-state index contributed by atoms with van der Waals surface area (Å²) in [6, 6.07) is 3.80. The van der Waals surface area contributed by atoms with Gasteiger partial charge >= 0.3 is 0 Å². The number of aromatic nitrogens is 2. The highest BCUT2D eigenvalue weighted by Gasteiger charge is 2.19. The van der Waals surface area contributed by atoms with Gasteiger partial charge in [-0.3, -0.25) is 0 Å². The Morgan fingerprint density at radius 1 is 1.11 bits per heavy atom. The Bertz CT molecular complexity index is 523. The number of thiazole rings is 1. The second kappa shape index (κ2) is 5.54. The number of hydrogen-bond acceptors (Lipinski definition) is 6. The maximum atomic E-state index is 9.17. The summed E-state index contributed by atoms with van der Waals surface area (Å²) in [5.41, 5.74) is 0.910. The van der Waals surface area contributed by atoms with Crippen molar-refractivity contribution in [3.63, 3.8) is 0 Å². The predicted molar refractivity (Wildman–Crippen MR) is 76.7 cm³/mol. The summed E-state index contributed by atoms with van der Waals surface area (Å²) in [5, 5.41) is 12.3.